The molecule has 0 spiro atoms. The Morgan fingerprint density at radius 2 is 1.79 bits per heavy atom. The summed E-state index contributed by atoms with van der Waals surface area (Å²) < 4.78 is 0. The molecule has 0 radical (unpaired) electrons. The van der Waals surface area contributed by atoms with Gasteiger partial charge in [0, 0.05) is 28.6 Å². The van der Waals surface area contributed by atoms with Crippen LogP contribution in [0.2, 0.25) is 0 Å². The van der Waals surface area contributed by atoms with E-state index in [0.717, 1.165) is 21.7 Å². The highest BCUT2D eigenvalue weighted by Gasteiger charge is 2.15. The van der Waals surface area contributed by atoms with Gasteiger partial charge in [-0.15, -0.1) is 0 Å². The van der Waals surface area contributed by atoms with Gasteiger partial charge in [-0.2, -0.15) is 0 Å². The number of anilines is 1. The number of fused-ring (bicyclic) bond motifs is 3. The number of hydrogen-bond donors (Lipinski definition) is 1. The van der Waals surface area contributed by atoms with Crippen molar-refractivity contribution in [1.82, 2.24) is 9.97 Å². The molecule has 3 nitrogen and oxygen atoms in total. The maximum Gasteiger partial charge on any atom is 0.132 e. The summed E-state index contributed by atoms with van der Waals surface area (Å²) in [5.41, 5.74) is 8.33. The van der Waals surface area contributed by atoms with Gasteiger partial charge in [0.25, 0.3) is 0 Å². The fourth-order valence-corrected chi connectivity index (χ4v) is 2.34. The molecule has 2 heterocycles. The molecule has 0 unspecified atom stereocenters. The molecule has 19 heavy (non-hydrogen) atoms. The van der Waals surface area contributed by atoms with Crippen molar-refractivity contribution in [3.05, 3.63) is 42.2 Å². The van der Waals surface area contributed by atoms with E-state index in [4.69, 9.17) is 5.73 Å². The van der Waals surface area contributed by atoms with E-state index in [1.165, 1.54) is 5.56 Å². The summed E-state index contributed by atoms with van der Waals surface area (Å²) in [4.78, 5) is 8.69. The Labute approximate surface area is 112 Å². The molecule has 3 aromatic rings. The molecule has 3 heteroatoms. The summed E-state index contributed by atoms with van der Waals surface area (Å²) in [6.45, 7) is 6.62. The van der Waals surface area contributed by atoms with Crippen molar-refractivity contribution in [1.29, 1.82) is 0 Å². The first-order chi connectivity index (χ1) is 8.97. The molecule has 2 N–H and O–H groups in total. The SMILES string of the molecule is CC(C)(C)c1ccc2nc(N)c3ccncc3c2c1. The highest BCUT2D eigenvalue weighted by Crippen LogP contribution is 2.31. The van der Waals surface area contributed by atoms with E-state index >= 15 is 0 Å². The van der Waals surface area contributed by atoms with Crippen molar-refractivity contribution in [3.8, 4) is 0 Å². The van der Waals surface area contributed by atoms with Crippen molar-refractivity contribution in [3.63, 3.8) is 0 Å². The average molecular weight is 251 g/mol. The maximum atomic E-state index is 6.01. The van der Waals surface area contributed by atoms with Crippen molar-refractivity contribution < 1.29 is 0 Å². The number of nitrogens with two attached hydrogens (primary N) is 1. The Morgan fingerprint density at radius 1 is 1.00 bits per heavy atom. The van der Waals surface area contributed by atoms with Crippen LogP contribution in [0.1, 0.15) is 26.3 Å². The van der Waals surface area contributed by atoms with Crippen LogP contribution in [0.15, 0.2) is 36.7 Å². The third-order valence-electron chi connectivity index (χ3n) is 3.49. The van der Waals surface area contributed by atoms with Crippen LogP contribution in [-0.2, 0) is 5.41 Å². The number of aromatic nitrogens is 2. The number of benzene rings is 1. The first-order valence-electron chi connectivity index (χ1n) is 6.40. The second kappa shape index (κ2) is 3.92. The molecule has 2 aromatic heterocycles. The van der Waals surface area contributed by atoms with E-state index in [2.05, 4.69) is 42.9 Å². The lowest BCUT2D eigenvalue weighted by molar-refractivity contribution is 0.591. The van der Waals surface area contributed by atoms with Gasteiger partial charge < -0.3 is 5.73 Å². The summed E-state index contributed by atoms with van der Waals surface area (Å²) >= 11 is 0. The number of nitrogens with zero attached hydrogens (tertiary/aromatic N) is 2. The molecule has 0 amide bonds. The molecular weight excluding hydrogens is 234 g/mol. The average Bonchev–Trinajstić information content (AvgIpc) is 2.37. The van der Waals surface area contributed by atoms with E-state index in [1.54, 1.807) is 6.20 Å². The first-order valence-corrected chi connectivity index (χ1v) is 6.40. The maximum absolute atomic E-state index is 6.01. The van der Waals surface area contributed by atoms with E-state index in [0.29, 0.717) is 5.82 Å². The van der Waals surface area contributed by atoms with Crippen LogP contribution in [0.25, 0.3) is 21.7 Å². The first kappa shape index (κ1) is 11.9. The quantitative estimate of drug-likeness (QED) is 0.620. The molecule has 0 saturated carbocycles. The van der Waals surface area contributed by atoms with Gasteiger partial charge >= 0.3 is 0 Å². The predicted molar refractivity (Wildman–Crippen MR) is 80.2 cm³/mol. The fraction of sp³-hybridized carbons (Fsp3) is 0.250. The molecule has 0 atom stereocenters. The lowest BCUT2D eigenvalue weighted by Gasteiger charge is -2.19. The van der Waals surface area contributed by atoms with Crippen molar-refractivity contribution in [2.24, 2.45) is 0 Å². The van der Waals surface area contributed by atoms with Crippen LogP contribution in [0.3, 0.4) is 0 Å². The molecule has 1 aromatic carbocycles. The fourth-order valence-electron chi connectivity index (χ4n) is 2.34. The van der Waals surface area contributed by atoms with Gasteiger partial charge in [0.1, 0.15) is 5.82 Å². The van der Waals surface area contributed by atoms with Gasteiger partial charge in [-0.25, -0.2) is 4.98 Å². The van der Waals surface area contributed by atoms with E-state index in [1.807, 2.05) is 18.3 Å². The largest absolute Gasteiger partial charge is 0.383 e. The van der Waals surface area contributed by atoms with E-state index < -0.39 is 0 Å². The molecule has 0 aliphatic heterocycles. The van der Waals surface area contributed by atoms with E-state index in [-0.39, 0.29) is 5.41 Å². The normalized spacial score (nSPS) is 12.2. The second-order valence-electron chi connectivity index (χ2n) is 5.90. The standard InChI is InChI=1S/C16H17N3/c1-16(2,3)10-4-5-14-12(8-10)13-9-18-7-6-11(13)15(17)19-14/h4-9H,1-3H3,(H2,17,19). The summed E-state index contributed by atoms with van der Waals surface area (Å²) in [6, 6.07) is 8.28. The third-order valence-corrected chi connectivity index (χ3v) is 3.49. The van der Waals surface area contributed by atoms with Crippen LogP contribution >= 0.6 is 0 Å². The van der Waals surface area contributed by atoms with Crippen molar-refractivity contribution in [2.45, 2.75) is 26.2 Å². The van der Waals surface area contributed by atoms with Gasteiger partial charge in [0.2, 0.25) is 0 Å². The zero-order valence-corrected chi connectivity index (χ0v) is 11.4. The zero-order chi connectivity index (χ0) is 13.6. The minimum atomic E-state index is 0.115. The Balaban J connectivity index is 2.44. The molecule has 0 saturated heterocycles. The minimum absolute atomic E-state index is 0.115. The van der Waals surface area contributed by atoms with Crippen molar-refractivity contribution in [2.75, 3.05) is 5.73 Å². The Kier molecular flexibility index (Phi) is 2.45. The Bertz CT molecular complexity index is 770. The van der Waals surface area contributed by atoms with Crippen LogP contribution < -0.4 is 5.73 Å². The predicted octanol–water partition coefficient (Wildman–Crippen LogP) is 3.66. The molecule has 0 aliphatic rings. The number of pyridine rings is 2. The van der Waals surface area contributed by atoms with E-state index in [9.17, 15) is 0 Å². The van der Waals surface area contributed by atoms with Gasteiger partial charge in [-0.1, -0.05) is 26.8 Å². The van der Waals surface area contributed by atoms with Crippen LogP contribution in [0, 0.1) is 0 Å². The molecule has 0 bridgehead atoms. The Morgan fingerprint density at radius 3 is 2.53 bits per heavy atom. The molecular formula is C16H17N3. The Hall–Kier alpha value is -2.16. The smallest absolute Gasteiger partial charge is 0.132 e. The van der Waals surface area contributed by atoms with Gasteiger partial charge in [0.15, 0.2) is 0 Å². The lowest BCUT2D eigenvalue weighted by atomic mass is 9.86. The summed E-state index contributed by atoms with van der Waals surface area (Å²) in [5.74, 6) is 0.563. The van der Waals surface area contributed by atoms with Gasteiger partial charge in [0.05, 0.1) is 5.52 Å². The summed E-state index contributed by atoms with van der Waals surface area (Å²) in [6.07, 6.45) is 3.61. The highest BCUT2D eigenvalue weighted by molar-refractivity contribution is 6.09. The summed E-state index contributed by atoms with van der Waals surface area (Å²) in [7, 11) is 0. The number of nitrogen functional groups attached to an aromatic ring is 1. The van der Waals surface area contributed by atoms with Gasteiger partial charge in [-0.05, 0) is 29.2 Å². The molecule has 3 rings (SSSR count). The topological polar surface area (TPSA) is 51.8 Å². The van der Waals surface area contributed by atoms with Crippen molar-refractivity contribution >= 4 is 27.5 Å². The number of hydrogen-bond acceptors (Lipinski definition) is 3. The zero-order valence-electron chi connectivity index (χ0n) is 11.4. The van der Waals surface area contributed by atoms with Crippen LogP contribution in [0.5, 0.6) is 0 Å². The second-order valence-corrected chi connectivity index (χ2v) is 5.90. The number of rotatable bonds is 0. The lowest BCUT2D eigenvalue weighted by Crippen LogP contribution is -2.10. The monoisotopic (exact) mass is 251 g/mol. The molecule has 0 fully saturated rings. The molecule has 0 aliphatic carbocycles. The van der Waals surface area contributed by atoms with Crippen LogP contribution in [-0.4, -0.2) is 9.97 Å². The molecule has 96 valence electrons. The third kappa shape index (κ3) is 1.91. The minimum Gasteiger partial charge on any atom is -0.383 e. The van der Waals surface area contributed by atoms with Crippen LogP contribution in [0.4, 0.5) is 5.82 Å². The highest BCUT2D eigenvalue weighted by atomic mass is 14.8. The summed E-state index contributed by atoms with van der Waals surface area (Å²) in [5, 5.41) is 3.15. The van der Waals surface area contributed by atoms with Gasteiger partial charge in [-0.3, -0.25) is 4.98 Å².